The number of benzene rings is 2. The van der Waals surface area contributed by atoms with Gasteiger partial charge in [0.1, 0.15) is 0 Å². The lowest BCUT2D eigenvalue weighted by molar-refractivity contribution is 0.0926. The fraction of sp³-hybridized carbons (Fsp3) is 0.125. The Kier molecular flexibility index (Phi) is 3.33. The van der Waals surface area contributed by atoms with Gasteiger partial charge in [-0.2, -0.15) is 0 Å². The number of nitrogens with two attached hydrogens (primary N) is 1. The Morgan fingerprint density at radius 1 is 1.00 bits per heavy atom. The third-order valence-electron chi connectivity index (χ3n) is 3.66. The number of aryl methyl sites for hydroxylation is 1. The van der Waals surface area contributed by atoms with E-state index in [2.05, 4.69) is 0 Å². The van der Waals surface area contributed by atoms with E-state index >= 15 is 0 Å². The molecule has 2 N–H and O–H groups in total. The van der Waals surface area contributed by atoms with Crippen LogP contribution in [0.15, 0.2) is 41.3 Å². The van der Waals surface area contributed by atoms with E-state index in [0.29, 0.717) is 21.8 Å². The highest BCUT2D eigenvalue weighted by Crippen LogP contribution is 2.32. The average Bonchev–Trinajstić information content (AvgIpc) is 2.73. The van der Waals surface area contributed by atoms with Gasteiger partial charge in [0.2, 0.25) is 0 Å². The number of amides is 2. The van der Waals surface area contributed by atoms with Crippen molar-refractivity contribution in [2.24, 2.45) is 0 Å². The monoisotopic (exact) mass is 314 g/mol. The van der Waals surface area contributed by atoms with Crippen LogP contribution in [0, 0.1) is 6.92 Å². The maximum absolute atomic E-state index is 12.6. The Morgan fingerprint density at radius 3 is 2.36 bits per heavy atom. The zero-order valence-electron chi connectivity index (χ0n) is 12.1. The van der Waals surface area contributed by atoms with E-state index < -0.39 is 16.7 Å². The van der Waals surface area contributed by atoms with Gasteiger partial charge in [-0.25, -0.2) is 4.90 Å². The molecule has 2 aromatic rings. The fourth-order valence-corrected chi connectivity index (χ4v) is 3.03. The molecule has 22 heavy (non-hydrogen) atoms. The fourth-order valence-electron chi connectivity index (χ4n) is 2.48. The van der Waals surface area contributed by atoms with Crippen LogP contribution in [0.4, 0.5) is 11.4 Å². The van der Waals surface area contributed by atoms with Crippen molar-refractivity contribution in [3.05, 3.63) is 53.1 Å². The molecule has 0 radical (unpaired) electrons. The molecule has 0 aliphatic carbocycles. The lowest BCUT2D eigenvalue weighted by Crippen LogP contribution is -2.30. The number of carbonyl (C=O) groups is 2. The summed E-state index contributed by atoms with van der Waals surface area (Å²) < 4.78 is 11.6. The Morgan fingerprint density at radius 2 is 1.68 bits per heavy atom. The van der Waals surface area contributed by atoms with Gasteiger partial charge in [0.15, 0.2) is 0 Å². The highest BCUT2D eigenvalue weighted by atomic mass is 32.2. The number of anilines is 2. The van der Waals surface area contributed by atoms with Crippen LogP contribution >= 0.6 is 0 Å². The first-order chi connectivity index (χ1) is 10.4. The highest BCUT2D eigenvalue weighted by molar-refractivity contribution is 7.84. The number of hydrogen-bond donors (Lipinski definition) is 1. The topological polar surface area (TPSA) is 80.5 Å². The summed E-state index contributed by atoms with van der Waals surface area (Å²) in [6.07, 6.45) is 1.53. The third kappa shape index (κ3) is 2.12. The smallest absolute Gasteiger partial charge is 0.266 e. The minimum Gasteiger partial charge on any atom is -0.399 e. The van der Waals surface area contributed by atoms with Crippen molar-refractivity contribution in [1.29, 1.82) is 0 Å². The first kappa shape index (κ1) is 14.5. The molecule has 0 saturated heterocycles. The molecular formula is C16H14N2O3S. The number of hydrogen-bond acceptors (Lipinski definition) is 4. The molecule has 0 bridgehead atoms. The predicted octanol–water partition coefficient (Wildman–Crippen LogP) is 2.12. The summed E-state index contributed by atoms with van der Waals surface area (Å²) in [6.45, 7) is 1.81. The van der Waals surface area contributed by atoms with Gasteiger partial charge in [0.25, 0.3) is 11.8 Å². The summed E-state index contributed by atoms with van der Waals surface area (Å²) in [5.74, 6) is -0.803. The molecule has 0 saturated carbocycles. The van der Waals surface area contributed by atoms with E-state index in [9.17, 15) is 13.8 Å². The number of rotatable bonds is 2. The van der Waals surface area contributed by atoms with Gasteiger partial charge in [-0.05, 0) is 42.8 Å². The number of carbonyl (C=O) groups excluding carboxylic acids is 2. The van der Waals surface area contributed by atoms with E-state index in [4.69, 9.17) is 5.73 Å². The SMILES string of the molecule is Cc1ccc(N)cc1N1C(=O)c2ccc(S(C)=O)cc2C1=O. The van der Waals surface area contributed by atoms with Gasteiger partial charge in [-0.3, -0.25) is 13.8 Å². The van der Waals surface area contributed by atoms with Crippen molar-refractivity contribution in [2.45, 2.75) is 11.8 Å². The standard InChI is InChI=1S/C16H14N2O3S/c1-9-3-4-10(17)7-14(9)18-15(19)12-6-5-11(22(2)21)8-13(12)16(18)20/h3-8H,17H2,1-2H3. The Balaban J connectivity index is 2.14. The molecule has 0 aromatic heterocycles. The van der Waals surface area contributed by atoms with Crippen molar-refractivity contribution >= 4 is 34.0 Å². The molecule has 5 nitrogen and oxygen atoms in total. The Hall–Kier alpha value is -2.47. The molecule has 1 atom stereocenters. The van der Waals surface area contributed by atoms with Crippen molar-refractivity contribution in [3.63, 3.8) is 0 Å². The van der Waals surface area contributed by atoms with Crippen LogP contribution in [0.3, 0.4) is 0 Å². The van der Waals surface area contributed by atoms with Gasteiger partial charge in [0.05, 0.1) is 16.8 Å². The number of fused-ring (bicyclic) bond motifs is 1. The minimum atomic E-state index is -1.21. The van der Waals surface area contributed by atoms with E-state index in [1.165, 1.54) is 12.3 Å². The average molecular weight is 314 g/mol. The maximum Gasteiger partial charge on any atom is 0.266 e. The van der Waals surface area contributed by atoms with Crippen LogP contribution in [0.1, 0.15) is 26.3 Å². The molecule has 1 aliphatic heterocycles. The zero-order valence-corrected chi connectivity index (χ0v) is 12.9. The van der Waals surface area contributed by atoms with Crippen molar-refractivity contribution in [2.75, 3.05) is 16.9 Å². The first-order valence-corrected chi connectivity index (χ1v) is 8.18. The van der Waals surface area contributed by atoms with E-state index in [1.54, 1.807) is 30.3 Å². The largest absolute Gasteiger partial charge is 0.399 e. The summed E-state index contributed by atoms with van der Waals surface area (Å²) >= 11 is 0. The Labute approximate surface area is 130 Å². The molecule has 0 fully saturated rings. The molecule has 2 amide bonds. The number of nitrogens with zero attached hydrogens (tertiary/aromatic N) is 1. The van der Waals surface area contributed by atoms with Crippen molar-refractivity contribution in [1.82, 2.24) is 0 Å². The molecule has 6 heteroatoms. The van der Waals surface area contributed by atoms with Crippen LogP contribution in [-0.2, 0) is 10.8 Å². The second kappa shape index (κ2) is 5.06. The van der Waals surface area contributed by atoms with E-state index in [1.807, 2.05) is 6.92 Å². The van der Waals surface area contributed by atoms with Crippen LogP contribution in [0.25, 0.3) is 0 Å². The normalized spacial score (nSPS) is 15.1. The second-order valence-electron chi connectivity index (χ2n) is 5.15. The van der Waals surface area contributed by atoms with Gasteiger partial charge in [-0.15, -0.1) is 0 Å². The summed E-state index contributed by atoms with van der Waals surface area (Å²) in [5.41, 5.74) is 8.10. The van der Waals surface area contributed by atoms with Crippen LogP contribution in [0.5, 0.6) is 0 Å². The van der Waals surface area contributed by atoms with E-state index in [-0.39, 0.29) is 11.5 Å². The molecule has 1 aliphatic rings. The van der Waals surface area contributed by atoms with Gasteiger partial charge < -0.3 is 5.73 Å². The summed E-state index contributed by atoms with van der Waals surface area (Å²) in [4.78, 5) is 26.8. The minimum absolute atomic E-state index is 0.277. The molecule has 3 rings (SSSR count). The predicted molar refractivity (Wildman–Crippen MR) is 85.5 cm³/mol. The van der Waals surface area contributed by atoms with Crippen molar-refractivity contribution in [3.8, 4) is 0 Å². The maximum atomic E-state index is 12.6. The van der Waals surface area contributed by atoms with E-state index in [0.717, 1.165) is 10.5 Å². The lowest BCUT2D eigenvalue weighted by atomic mass is 10.1. The van der Waals surface area contributed by atoms with Crippen LogP contribution in [-0.4, -0.2) is 22.3 Å². The molecule has 0 spiro atoms. The molecule has 2 aromatic carbocycles. The lowest BCUT2D eigenvalue weighted by Gasteiger charge is -2.17. The zero-order chi connectivity index (χ0) is 16.0. The van der Waals surface area contributed by atoms with Crippen LogP contribution < -0.4 is 10.6 Å². The van der Waals surface area contributed by atoms with Gasteiger partial charge in [0, 0.05) is 27.6 Å². The first-order valence-electron chi connectivity index (χ1n) is 6.62. The molecular weight excluding hydrogens is 300 g/mol. The van der Waals surface area contributed by atoms with Crippen LogP contribution in [0.2, 0.25) is 0 Å². The van der Waals surface area contributed by atoms with Gasteiger partial charge in [-0.1, -0.05) is 6.07 Å². The summed E-state index contributed by atoms with van der Waals surface area (Å²) in [5, 5.41) is 0. The van der Waals surface area contributed by atoms with Crippen molar-refractivity contribution < 1.29 is 13.8 Å². The highest BCUT2D eigenvalue weighted by Gasteiger charge is 2.37. The molecule has 1 heterocycles. The number of imide groups is 1. The number of nitrogen functional groups attached to an aromatic ring is 1. The quantitative estimate of drug-likeness (QED) is 0.680. The molecule has 112 valence electrons. The summed E-state index contributed by atoms with van der Waals surface area (Å²) in [7, 11) is -1.21. The Bertz CT molecular complexity index is 845. The summed E-state index contributed by atoms with van der Waals surface area (Å²) in [6, 6.07) is 9.77. The third-order valence-corrected chi connectivity index (χ3v) is 4.58. The van der Waals surface area contributed by atoms with Gasteiger partial charge >= 0.3 is 0 Å². The second-order valence-corrected chi connectivity index (χ2v) is 6.53. The molecule has 1 unspecified atom stereocenters.